The number of nitrogens with zero attached hydrogens (tertiary/aromatic N) is 2. The van der Waals surface area contributed by atoms with Crippen LogP contribution in [0.1, 0.15) is 46.0 Å². The summed E-state index contributed by atoms with van der Waals surface area (Å²) in [6, 6.07) is -0.198. The molecule has 0 heterocycles. The van der Waals surface area contributed by atoms with Gasteiger partial charge < -0.3 is 0 Å². The second-order valence-corrected chi connectivity index (χ2v) is 5.67. The first-order valence-electron chi connectivity index (χ1n) is 6.76. The van der Waals surface area contributed by atoms with Crippen molar-refractivity contribution in [3.63, 3.8) is 0 Å². The third-order valence-electron chi connectivity index (χ3n) is 3.79. The summed E-state index contributed by atoms with van der Waals surface area (Å²) in [5.74, 6) is 2.30. The molecule has 18 heavy (non-hydrogen) atoms. The quantitative estimate of drug-likeness (QED) is 0.537. The zero-order chi connectivity index (χ0) is 13.4. The van der Waals surface area contributed by atoms with Gasteiger partial charge in [-0.15, -0.1) is 0 Å². The van der Waals surface area contributed by atoms with Crippen LogP contribution in [0.4, 0.5) is 0 Å². The lowest BCUT2D eigenvalue weighted by Gasteiger charge is -2.31. The van der Waals surface area contributed by atoms with Crippen molar-refractivity contribution in [2.75, 3.05) is 6.54 Å². The second kappa shape index (κ2) is 7.97. The largest absolute Gasteiger partial charge is 0.235 e. The standard InChI is InChI=1S/C14H22N2O2/c1-11-5-12(2)7-13(6-11)3-4-14(16-10-18)8-15-9-17/h11-14H,3-8H2,1-2H3. The molecule has 4 heteroatoms. The Labute approximate surface area is 109 Å². The maximum absolute atomic E-state index is 10.3. The van der Waals surface area contributed by atoms with Gasteiger partial charge >= 0.3 is 0 Å². The molecule has 0 aliphatic heterocycles. The molecule has 0 N–H and O–H groups in total. The summed E-state index contributed by atoms with van der Waals surface area (Å²) >= 11 is 0. The highest BCUT2D eigenvalue weighted by Gasteiger charge is 2.24. The van der Waals surface area contributed by atoms with Gasteiger partial charge in [-0.25, -0.2) is 19.6 Å². The number of carbonyl (C=O) groups excluding carboxylic acids is 2. The first-order valence-corrected chi connectivity index (χ1v) is 6.76. The Morgan fingerprint density at radius 2 is 1.78 bits per heavy atom. The van der Waals surface area contributed by atoms with E-state index in [1.807, 2.05) is 0 Å². The normalized spacial score (nSPS) is 28.9. The van der Waals surface area contributed by atoms with Crippen LogP contribution in [0.15, 0.2) is 9.98 Å². The molecule has 1 rings (SSSR count). The molecular formula is C14H22N2O2. The van der Waals surface area contributed by atoms with Crippen LogP contribution in [0, 0.1) is 17.8 Å². The minimum Gasteiger partial charge on any atom is -0.211 e. The number of rotatable bonds is 6. The Kier molecular flexibility index (Phi) is 6.56. The molecule has 0 radical (unpaired) electrons. The van der Waals surface area contributed by atoms with E-state index >= 15 is 0 Å². The van der Waals surface area contributed by atoms with Crippen molar-refractivity contribution >= 4 is 12.2 Å². The van der Waals surface area contributed by atoms with Crippen LogP contribution in [0.5, 0.6) is 0 Å². The Bertz CT molecular complexity index is 334. The van der Waals surface area contributed by atoms with Crippen LogP contribution in [0.25, 0.3) is 0 Å². The molecule has 0 aromatic carbocycles. The number of aliphatic imine (C=N–C) groups is 2. The van der Waals surface area contributed by atoms with Gasteiger partial charge in [0.05, 0.1) is 12.6 Å². The van der Waals surface area contributed by atoms with Gasteiger partial charge in [-0.2, -0.15) is 0 Å². The topological polar surface area (TPSA) is 58.9 Å². The zero-order valence-electron chi connectivity index (χ0n) is 11.3. The summed E-state index contributed by atoms with van der Waals surface area (Å²) in [7, 11) is 0. The first-order chi connectivity index (χ1) is 8.65. The molecule has 4 nitrogen and oxygen atoms in total. The molecule has 0 saturated heterocycles. The van der Waals surface area contributed by atoms with Crippen LogP contribution < -0.4 is 0 Å². The van der Waals surface area contributed by atoms with E-state index in [2.05, 4.69) is 23.8 Å². The van der Waals surface area contributed by atoms with E-state index < -0.39 is 0 Å². The van der Waals surface area contributed by atoms with Crippen molar-refractivity contribution in [2.45, 2.75) is 52.0 Å². The van der Waals surface area contributed by atoms with Gasteiger partial charge in [0, 0.05) is 0 Å². The molecule has 3 atom stereocenters. The van der Waals surface area contributed by atoms with E-state index in [1.165, 1.54) is 25.3 Å². The zero-order valence-corrected chi connectivity index (χ0v) is 11.3. The SMILES string of the molecule is CC1CC(C)CC(CCC(CN=C=O)N=C=O)C1. The minimum absolute atomic E-state index is 0.198. The third kappa shape index (κ3) is 5.39. The minimum atomic E-state index is -0.198. The van der Waals surface area contributed by atoms with Crippen LogP contribution >= 0.6 is 0 Å². The molecule has 0 aromatic rings. The van der Waals surface area contributed by atoms with Crippen molar-refractivity contribution in [1.82, 2.24) is 0 Å². The van der Waals surface area contributed by atoms with E-state index in [4.69, 9.17) is 0 Å². The summed E-state index contributed by atoms with van der Waals surface area (Å²) in [6.07, 6.45) is 8.77. The van der Waals surface area contributed by atoms with E-state index in [1.54, 1.807) is 6.08 Å². The monoisotopic (exact) mass is 250 g/mol. The fourth-order valence-electron chi connectivity index (χ4n) is 3.19. The van der Waals surface area contributed by atoms with E-state index in [0.717, 1.165) is 24.7 Å². The molecule has 0 amide bonds. The smallest absolute Gasteiger partial charge is 0.211 e. The predicted octanol–water partition coefficient (Wildman–Crippen LogP) is 2.88. The van der Waals surface area contributed by atoms with Gasteiger partial charge in [0.25, 0.3) is 0 Å². The van der Waals surface area contributed by atoms with Gasteiger partial charge in [-0.3, -0.25) is 0 Å². The Balaban J connectivity index is 2.40. The van der Waals surface area contributed by atoms with Gasteiger partial charge in [0.15, 0.2) is 0 Å². The average molecular weight is 250 g/mol. The maximum Gasteiger partial charge on any atom is 0.235 e. The van der Waals surface area contributed by atoms with Crippen LogP contribution in [0.2, 0.25) is 0 Å². The lowest BCUT2D eigenvalue weighted by molar-refractivity contribution is 0.205. The van der Waals surface area contributed by atoms with Gasteiger partial charge in [-0.05, 0) is 49.9 Å². The van der Waals surface area contributed by atoms with Crippen LogP contribution in [0.3, 0.4) is 0 Å². The van der Waals surface area contributed by atoms with Gasteiger partial charge in [0.1, 0.15) is 0 Å². The molecule has 0 aromatic heterocycles. The number of hydrogen-bond donors (Lipinski definition) is 0. The molecule has 0 spiro atoms. The third-order valence-corrected chi connectivity index (χ3v) is 3.79. The maximum atomic E-state index is 10.3. The molecule has 1 aliphatic carbocycles. The highest BCUT2D eigenvalue weighted by atomic mass is 16.1. The van der Waals surface area contributed by atoms with Crippen molar-refractivity contribution in [1.29, 1.82) is 0 Å². The van der Waals surface area contributed by atoms with Crippen molar-refractivity contribution in [3.05, 3.63) is 0 Å². The van der Waals surface area contributed by atoms with Crippen LogP contribution in [-0.2, 0) is 9.59 Å². The summed E-state index contributed by atoms with van der Waals surface area (Å²) in [6.45, 7) is 4.87. The molecule has 3 unspecified atom stereocenters. The highest BCUT2D eigenvalue weighted by molar-refractivity contribution is 5.35. The molecule has 1 saturated carbocycles. The van der Waals surface area contributed by atoms with E-state index in [0.29, 0.717) is 5.92 Å². The van der Waals surface area contributed by atoms with Gasteiger partial charge in [-0.1, -0.05) is 13.8 Å². The lowest BCUT2D eigenvalue weighted by Crippen LogP contribution is -2.21. The Hall–Kier alpha value is -1.24. The lowest BCUT2D eigenvalue weighted by atomic mass is 9.75. The highest BCUT2D eigenvalue weighted by Crippen LogP contribution is 2.35. The molecule has 1 aliphatic rings. The Morgan fingerprint density at radius 3 is 2.33 bits per heavy atom. The molecule has 0 bridgehead atoms. The summed E-state index contributed by atoms with van der Waals surface area (Å²) < 4.78 is 0. The Morgan fingerprint density at radius 1 is 1.11 bits per heavy atom. The number of hydrogen-bond acceptors (Lipinski definition) is 4. The average Bonchev–Trinajstić information content (AvgIpc) is 2.31. The summed E-state index contributed by atoms with van der Waals surface area (Å²) in [5, 5.41) is 0. The van der Waals surface area contributed by atoms with Gasteiger partial charge in [0.2, 0.25) is 12.2 Å². The molecule has 100 valence electrons. The van der Waals surface area contributed by atoms with Crippen molar-refractivity contribution in [3.8, 4) is 0 Å². The summed E-state index contributed by atoms with van der Waals surface area (Å²) in [5.41, 5.74) is 0. The second-order valence-electron chi connectivity index (χ2n) is 5.67. The first kappa shape index (κ1) is 14.8. The molecular weight excluding hydrogens is 228 g/mol. The van der Waals surface area contributed by atoms with E-state index in [9.17, 15) is 9.59 Å². The van der Waals surface area contributed by atoms with Crippen molar-refractivity contribution < 1.29 is 9.59 Å². The molecule has 1 fully saturated rings. The van der Waals surface area contributed by atoms with E-state index in [-0.39, 0.29) is 12.6 Å². The van der Waals surface area contributed by atoms with Crippen LogP contribution in [-0.4, -0.2) is 24.7 Å². The fourth-order valence-corrected chi connectivity index (χ4v) is 3.19. The predicted molar refractivity (Wildman–Crippen MR) is 69.8 cm³/mol. The summed E-state index contributed by atoms with van der Waals surface area (Å²) in [4.78, 5) is 27.6. The fraction of sp³-hybridized carbons (Fsp3) is 0.857. The number of isocyanates is 2. The van der Waals surface area contributed by atoms with Crippen molar-refractivity contribution in [2.24, 2.45) is 27.7 Å².